The minimum absolute atomic E-state index is 0.542. The number of aliphatic carboxylic acids is 1. The summed E-state index contributed by atoms with van der Waals surface area (Å²) in [5.74, 6) is -0.791. The van der Waals surface area contributed by atoms with Crippen LogP contribution in [0, 0.1) is 0 Å². The SMILES string of the molecule is Cn1cncc1C(C(=O)O)N1CCCC1. The number of hydrogen-bond donors (Lipinski definition) is 1. The lowest BCUT2D eigenvalue weighted by atomic mass is 10.2. The summed E-state index contributed by atoms with van der Waals surface area (Å²) in [7, 11) is 1.83. The Morgan fingerprint density at radius 2 is 2.20 bits per heavy atom. The van der Waals surface area contributed by atoms with Gasteiger partial charge in [-0.05, 0) is 25.9 Å². The van der Waals surface area contributed by atoms with E-state index in [9.17, 15) is 9.90 Å². The number of aromatic nitrogens is 2. The van der Waals surface area contributed by atoms with Gasteiger partial charge in [0, 0.05) is 7.05 Å². The van der Waals surface area contributed by atoms with Gasteiger partial charge in [0.15, 0.2) is 6.04 Å². The van der Waals surface area contributed by atoms with Crippen LogP contribution < -0.4 is 0 Å². The second-order valence-electron chi connectivity index (χ2n) is 3.91. The molecular formula is C10H15N3O2. The van der Waals surface area contributed by atoms with Crippen LogP contribution in [0.1, 0.15) is 24.6 Å². The first-order valence-corrected chi connectivity index (χ1v) is 5.13. The Morgan fingerprint density at radius 1 is 1.53 bits per heavy atom. The second kappa shape index (κ2) is 4.02. The summed E-state index contributed by atoms with van der Waals surface area (Å²) in [5, 5.41) is 9.25. The Labute approximate surface area is 88.3 Å². The second-order valence-corrected chi connectivity index (χ2v) is 3.91. The predicted molar refractivity (Wildman–Crippen MR) is 54.4 cm³/mol. The Kier molecular flexibility index (Phi) is 2.73. The van der Waals surface area contributed by atoms with Gasteiger partial charge in [0.2, 0.25) is 0 Å². The summed E-state index contributed by atoms with van der Waals surface area (Å²) < 4.78 is 1.77. The molecule has 1 fully saturated rings. The molecule has 0 bridgehead atoms. The van der Waals surface area contributed by atoms with Gasteiger partial charge >= 0.3 is 5.97 Å². The van der Waals surface area contributed by atoms with Crippen molar-refractivity contribution in [2.24, 2.45) is 7.05 Å². The van der Waals surface area contributed by atoms with Crippen molar-refractivity contribution in [3.8, 4) is 0 Å². The standard InChI is InChI=1S/C10H15N3O2/c1-12-7-11-6-8(12)9(10(14)15)13-4-2-3-5-13/h6-7,9H,2-5H2,1H3,(H,14,15). The largest absolute Gasteiger partial charge is 0.480 e. The van der Waals surface area contributed by atoms with Crippen molar-refractivity contribution < 1.29 is 9.90 Å². The van der Waals surface area contributed by atoms with Crippen LogP contribution >= 0.6 is 0 Å². The third-order valence-corrected chi connectivity index (χ3v) is 2.87. The minimum Gasteiger partial charge on any atom is -0.480 e. The van der Waals surface area contributed by atoms with E-state index in [0.717, 1.165) is 31.6 Å². The number of rotatable bonds is 3. The molecule has 15 heavy (non-hydrogen) atoms. The molecule has 0 saturated carbocycles. The normalized spacial score (nSPS) is 19.3. The highest BCUT2D eigenvalue weighted by Gasteiger charge is 2.31. The molecule has 82 valence electrons. The molecule has 1 N–H and O–H groups in total. The maximum atomic E-state index is 11.3. The number of carboxylic acid groups (broad SMARTS) is 1. The van der Waals surface area contributed by atoms with Crippen LogP contribution in [0.4, 0.5) is 0 Å². The summed E-state index contributed by atoms with van der Waals surface area (Å²) >= 11 is 0. The quantitative estimate of drug-likeness (QED) is 0.793. The molecule has 0 spiro atoms. The molecule has 5 nitrogen and oxygen atoms in total. The highest BCUT2D eigenvalue weighted by atomic mass is 16.4. The molecule has 1 aromatic heterocycles. The molecule has 1 aromatic rings. The fraction of sp³-hybridized carbons (Fsp3) is 0.600. The summed E-state index contributed by atoms with van der Waals surface area (Å²) in [6, 6.07) is -0.542. The lowest BCUT2D eigenvalue weighted by molar-refractivity contribution is -0.143. The minimum atomic E-state index is -0.791. The Hall–Kier alpha value is -1.36. The van der Waals surface area contributed by atoms with E-state index in [1.165, 1.54) is 0 Å². The van der Waals surface area contributed by atoms with E-state index in [0.29, 0.717) is 0 Å². The van der Waals surface area contributed by atoms with E-state index in [2.05, 4.69) is 4.98 Å². The van der Waals surface area contributed by atoms with Gasteiger partial charge in [0.25, 0.3) is 0 Å². The fourth-order valence-electron chi connectivity index (χ4n) is 2.10. The topological polar surface area (TPSA) is 58.4 Å². The molecule has 1 aliphatic rings. The summed E-state index contributed by atoms with van der Waals surface area (Å²) in [4.78, 5) is 17.2. The number of likely N-dealkylation sites (tertiary alicyclic amines) is 1. The van der Waals surface area contributed by atoms with Crippen molar-refractivity contribution >= 4 is 5.97 Å². The maximum absolute atomic E-state index is 11.3. The van der Waals surface area contributed by atoms with E-state index in [-0.39, 0.29) is 0 Å². The van der Waals surface area contributed by atoms with Gasteiger partial charge in [-0.3, -0.25) is 9.69 Å². The number of nitrogens with zero attached hydrogens (tertiary/aromatic N) is 3. The highest BCUT2D eigenvalue weighted by Crippen LogP contribution is 2.24. The van der Waals surface area contributed by atoms with E-state index in [1.54, 1.807) is 17.1 Å². The van der Waals surface area contributed by atoms with Crippen molar-refractivity contribution in [3.05, 3.63) is 18.2 Å². The third-order valence-electron chi connectivity index (χ3n) is 2.87. The van der Waals surface area contributed by atoms with Crippen LogP contribution in [0.2, 0.25) is 0 Å². The fourth-order valence-corrected chi connectivity index (χ4v) is 2.10. The van der Waals surface area contributed by atoms with Gasteiger partial charge < -0.3 is 9.67 Å². The van der Waals surface area contributed by atoms with Crippen LogP contribution in [-0.4, -0.2) is 38.6 Å². The first-order valence-electron chi connectivity index (χ1n) is 5.13. The summed E-state index contributed by atoms with van der Waals surface area (Å²) in [6.07, 6.45) is 5.45. The van der Waals surface area contributed by atoms with Gasteiger partial charge in [-0.15, -0.1) is 0 Å². The number of carbonyl (C=O) groups is 1. The molecule has 0 radical (unpaired) electrons. The molecule has 2 heterocycles. The van der Waals surface area contributed by atoms with E-state index in [1.807, 2.05) is 11.9 Å². The molecule has 2 rings (SSSR count). The Morgan fingerprint density at radius 3 is 2.67 bits per heavy atom. The third kappa shape index (κ3) is 1.87. The van der Waals surface area contributed by atoms with Crippen molar-refractivity contribution in [1.82, 2.24) is 14.5 Å². The van der Waals surface area contributed by atoms with Crippen molar-refractivity contribution in [1.29, 1.82) is 0 Å². The van der Waals surface area contributed by atoms with Crippen LogP contribution in [0.25, 0.3) is 0 Å². The molecule has 1 aliphatic heterocycles. The monoisotopic (exact) mass is 209 g/mol. The first kappa shape index (κ1) is 10.2. The van der Waals surface area contributed by atoms with Crippen LogP contribution in [0.3, 0.4) is 0 Å². The van der Waals surface area contributed by atoms with Crippen molar-refractivity contribution in [3.63, 3.8) is 0 Å². The van der Waals surface area contributed by atoms with Gasteiger partial charge in [-0.2, -0.15) is 0 Å². The molecule has 1 unspecified atom stereocenters. The zero-order valence-electron chi connectivity index (χ0n) is 8.76. The van der Waals surface area contributed by atoms with Gasteiger partial charge in [0.05, 0.1) is 18.2 Å². The average Bonchev–Trinajstić information content (AvgIpc) is 2.79. The highest BCUT2D eigenvalue weighted by molar-refractivity contribution is 5.74. The maximum Gasteiger partial charge on any atom is 0.327 e. The Bertz CT molecular complexity index is 355. The van der Waals surface area contributed by atoms with E-state index >= 15 is 0 Å². The summed E-state index contributed by atoms with van der Waals surface area (Å²) in [6.45, 7) is 1.73. The van der Waals surface area contributed by atoms with Gasteiger partial charge in [-0.25, -0.2) is 4.98 Å². The van der Waals surface area contributed by atoms with Crippen molar-refractivity contribution in [2.45, 2.75) is 18.9 Å². The predicted octanol–water partition coefficient (Wildman–Crippen LogP) is 0.642. The van der Waals surface area contributed by atoms with Gasteiger partial charge in [-0.1, -0.05) is 0 Å². The summed E-state index contributed by atoms with van der Waals surface area (Å²) in [5.41, 5.74) is 0.754. The van der Waals surface area contributed by atoms with Crippen LogP contribution in [-0.2, 0) is 11.8 Å². The van der Waals surface area contributed by atoms with Crippen molar-refractivity contribution in [2.75, 3.05) is 13.1 Å². The van der Waals surface area contributed by atoms with Crippen LogP contribution in [0.5, 0.6) is 0 Å². The zero-order valence-corrected chi connectivity index (χ0v) is 8.76. The molecule has 0 aromatic carbocycles. The molecular weight excluding hydrogens is 194 g/mol. The molecule has 1 atom stereocenters. The number of hydrogen-bond acceptors (Lipinski definition) is 3. The smallest absolute Gasteiger partial charge is 0.327 e. The first-order chi connectivity index (χ1) is 7.20. The number of carboxylic acids is 1. The Balaban J connectivity index is 2.27. The van der Waals surface area contributed by atoms with E-state index in [4.69, 9.17) is 0 Å². The van der Waals surface area contributed by atoms with E-state index < -0.39 is 12.0 Å². The average molecular weight is 209 g/mol. The number of imidazole rings is 1. The number of aryl methyl sites for hydroxylation is 1. The molecule has 1 saturated heterocycles. The lowest BCUT2D eigenvalue weighted by Crippen LogP contribution is -2.32. The lowest BCUT2D eigenvalue weighted by Gasteiger charge is -2.23. The zero-order chi connectivity index (χ0) is 10.8. The molecule has 0 aliphatic carbocycles. The molecule has 0 amide bonds. The molecule has 5 heteroatoms. The van der Waals surface area contributed by atoms with Gasteiger partial charge in [0.1, 0.15) is 0 Å². The van der Waals surface area contributed by atoms with Crippen LogP contribution in [0.15, 0.2) is 12.5 Å².